The van der Waals surface area contributed by atoms with Crippen molar-refractivity contribution in [1.82, 2.24) is 25.7 Å². The molecule has 8 heteroatoms. The minimum atomic E-state index is -0.505. The summed E-state index contributed by atoms with van der Waals surface area (Å²) in [6, 6.07) is 0.0436. The van der Waals surface area contributed by atoms with Crippen LogP contribution in [0, 0.1) is 11.3 Å². The summed E-state index contributed by atoms with van der Waals surface area (Å²) >= 11 is 0. The Hall–Kier alpha value is -2.09. The van der Waals surface area contributed by atoms with Crippen LogP contribution < -0.4 is 10.6 Å². The maximum absolute atomic E-state index is 12.8. The van der Waals surface area contributed by atoms with Crippen LogP contribution in [0.5, 0.6) is 0 Å². The van der Waals surface area contributed by atoms with Crippen LogP contribution in [-0.4, -0.2) is 66.4 Å². The summed E-state index contributed by atoms with van der Waals surface area (Å²) in [6.45, 7) is 2.16. The molecule has 3 amide bonds. The molecule has 2 fully saturated rings. The van der Waals surface area contributed by atoms with Crippen LogP contribution in [0.2, 0.25) is 0 Å². The zero-order valence-corrected chi connectivity index (χ0v) is 14.5. The van der Waals surface area contributed by atoms with Crippen LogP contribution in [0.25, 0.3) is 0 Å². The molecule has 0 saturated carbocycles. The minimum Gasteiger partial charge on any atom is -0.381 e. The lowest BCUT2D eigenvalue weighted by molar-refractivity contribution is -0.138. The first-order chi connectivity index (χ1) is 12.1. The Bertz CT molecular complexity index is 675. The van der Waals surface area contributed by atoms with Gasteiger partial charge >= 0.3 is 6.03 Å². The number of rotatable bonds is 2. The van der Waals surface area contributed by atoms with Crippen molar-refractivity contribution in [3.8, 4) is 0 Å². The Morgan fingerprint density at radius 3 is 3.20 bits per heavy atom. The number of carbonyl (C=O) groups is 2. The van der Waals surface area contributed by atoms with E-state index < -0.39 is 5.41 Å². The Labute approximate surface area is 146 Å². The van der Waals surface area contributed by atoms with Gasteiger partial charge in [0.25, 0.3) is 0 Å². The van der Waals surface area contributed by atoms with E-state index in [0.29, 0.717) is 32.7 Å². The molecule has 0 bridgehead atoms. The molecule has 1 aromatic heterocycles. The molecule has 3 N–H and O–H groups in total. The van der Waals surface area contributed by atoms with Crippen LogP contribution in [0.15, 0.2) is 6.20 Å². The van der Waals surface area contributed by atoms with E-state index in [1.165, 1.54) is 11.3 Å². The number of aromatic amines is 1. The molecule has 0 aromatic carbocycles. The highest BCUT2D eigenvalue weighted by molar-refractivity contribution is 5.85. The maximum Gasteiger partial charge on any atom is 0.317 e. The number of nitrogens with zero attached hydrogens (tertiary/aromatic N) is 2. The molecule has 4 rings (SSSR count). The number of likely N-dealkylation sites (tertiary alicyclic amines) is 1. The molecule has 0 radical (unpaired) electrons. The van der Waals surface area contributed by atoms with Crippen LogP contribution in [0.1, 0.15) is 24.1 Å². The van der Waals surface area contributed by atoms with Crippen LogP contribution >= 0.6 is 0 Å². The zero-order valence-electron chi connectivity index (χ0n) is 14.5. The summed E-state index contributed by atoms with van der Waals surface area (Å²) in [6.07, 6.45) is 5.12. The van der Waals surface area contributed by atoms with Crippen molar-refractivity contribution < 1.29 is 14.3 Å². The number of hydrogen-bond donors (Lipinski definition) is 3. The van der Waals surface area contributed by atoms with Crippen molar-refractivity contribution in [3.63, 3.8) is 0 Å². The molecule has 3 atom stereocenters. The second kappa shape index (κ2) is 6.33. The third-order valence-corrected chi connectivity index (χ3v) is 6.02. The van der Waals surface area contributed by atoms with Gasteiger partial charge in [0.1, 0.15) is 0 Å². The number of ether oxygens (including phenoxy) is 1. The van der Waals surface area contributed by atoms with E-state index in [1.54, 1.807) is 11.9 Å². The molecular formula is C17H25N5O3. The van der Waals surface area contributed by atoms with Gasteiger partial charge in [-0.05, 0) is 31.2 Å². The lowest BCUT2D eigenvalue weighted by atomic mass is 9.73. The summed E-state index contributed by atoms with van der Waals surface area (Å²) < 4.78 is 5.56. The molecule has 1 aliphatic carbocycles. The van der Waals surface area contributed by atoms with E-state index in [0.717, 1.165) is 19.3 Å². The van der Waals surface area contributed by atoms with E-state index in [1.807, 2.05) is 6.20 Å². The fourth-order valence-electron chi connectivity index (χ4n) is 4.53. The third-order valence-electron chi connectivity index (χ3n) is 6.02. The number of fused-ring (bicyclic) bond motifs is 2. The monoisotopic (exact) mass is 347 g/mol. The Kier molecular flexibility index (Phi) is 4.15. The number of aryl methyl sites for hydroxylation is 1. The SMILES string of the molecule is CNC(=O)[C@@]12CCOC[C@@H]1CN(C(=O)NC1CCc3[nH]ncc3C1)C2. The molecule has 25 heavy (non-hydrogen) atoms. The van der Waals surface area contributed by atoms with Crippen LogP contribution in [0.4, 0.5) is 4.79 Å². The summed E-state index contributed by atoms with van der Waals surface area (Å²) in [5, 5.41) is 13.0. The quantitative estimate of drug-likeness (QED) is 0.704. The molecule has 3 heterocycles. The van der Waals surface area contributed by atoms with Crippen molar-refractivity contribution in [2.24, 2.45) is 11.3 Å². The van der Waals surface area contributed by atoms with Gasteiger partial charge in [0.05, 0.1) is 18.2 Å². The summed E-state index contributed by atoms with van der Waals surface area (Å²) in [7, 11) is 1.66. The number of nitrogens with one attached hydrogen (secondary N) is 3. The van der Waals surface area contributed by atoms with Gasteiger partial charge in [0.2, 0.25) is 5.91 Å². The largest absolute Gasteiger partial charge is 0.381 e. The molecule has 1 aromatic rings. The average molecular weight is 347 g/mol. The topological polar surface area (TPSA) is 99.4 Å². The normalized spacial score (nSPS) is 31.2. The first kappa shape index (κ1) is 16.4. The lowest BCUT2D eigenvalue weighted by Gasteiger charge is -2.36. The number of urea groups is 1. The van der Waals surface area contributed by atoms with Gasteiger partial charge in [-0.2, -0.15) is 5.10 Å². The predicted octanol–water partition coefficient (Wildman–Crippen LogP) is 0.0611. The van der Waals surface area contributed by atoms with Crippen LogP contribution in [0.3, 0.4) is 0 Å². The molecule has 8 nitrogen and oxygen atoms in total. The summed E-state index contributed by atoms with van der Waals surface area (Å²) in [5.41, 5.74) is 1.85. The van der Waals surface area contributed by atoms with Gasteiger partial charge in [0, 0.05) is 44.4 Å². The number of amides is 3. The average Bonchev–Trinajstić information content (AvgIpc) is 3.25. The van der Waals surface area contributed by atoms with Gasteiger partial charge in [0.15, 0.2) is 0 Å². The molecule has 1 unspecified atom stereocenters. The van der Waals surface area contributed by atoms with Crippen molar-refractivity contribution in [2.45, 2.75) is 31.7 Å². The smallest absolute Gasteiger partial charge is 0.317 e. The number of aromatic nitrogens is 2. The molecule has 2 aliphatic heterocycles. The van der Waals surface area contributed by atoms with Crippen molar-refractivity contribution in [2.75, 3.05) is 33.4 Å². The number of H-pyrrole nitrogens is 1. The van der Waals surface area contributed by atoms with E-state index >= 15 is 0 Å². The standard InChI is InChI=1S/C17H25N5O3/c1-18-15(23)17-4-5-25-9-12(17)8-22(10-17)16(24)20-13-2-3-14-11(6-13)7-19-21-14/h7,12-13H,2-6,8-10H2,1H3,(H,18,23)(H,19,21)(H,20,24)/t12-,13?,17+/m0/s1. The summed E-state index contributed by atoms with van der Waals surface area (Å²) in [5.74, 6) is 0.0931. The van der Waals surface area contributed by atoms with Crippen molar-refractivity contribution in [3.05, 3.63) is 17.5 Å². The highest BCUT2D eigenvalue weighted by Gasteiger charge is 2.54. The Morgan fingerprint density at radius 2 is 2.36 bits per heavy atom. The van der Waals surface area contributed by atoms with E-state index in [-0.39, 0.29) is 23.9 Å². The molecule has 2 saturated heterocycles. The van der Waals surface area contributed by atoms with Crippen molar-refractivity contribution >= 4 is 11.9 Å². The van der Waals surface area contributed by atoms with Crippen molar-refractivity contribution in [1.29, 1.82) is 0 Å². The summed E-state index contributed by atoms with van der Waals surface area (Å²) in [4.78, 5) is 27.1. The minimum absolute atomic E-state index is 0.0248. The second-order valence-corrected chi connectivity index (χ2v) is 7.40. The molecule has 3 aliphatic rings. The van der Waals surface area contributed by atoms with Gasteiger partial charge in [-0.15, -0.1) is 0 Å². The molecular weight excluding hydrogens is 322 g/mol. The van der Waals surface area contributed by atoms with Gasteiger partial charge in [-0.3, -0.25) is 9.89 Å². The zero-order chi connectivity index (χ0) is 17.4. The first-order valence-electron chi connectivity index (χ1n) is 8.99. The Morgan fingerprint density at radius 1 is 1.48 bits per heavy atom. The highest BCUT2D eigenvalue weighted by atomic mass is 16.5. The van der Waals surface area contributed by atoms with E-state index in [4.69, 9.17) is 4.74 Å². The number of hydrogen-bond acceptors (Lipinski definition) is 4. The van der Waals surface area contributed by atoms with Crippen LogP contribution in [-0.2, 0) is 22.4 Å². The predicted molar refractivity (Wildman–Crippen MR) is 89.9 cm³/mol. The first-order valence-corrected chi connectivity index (χ1v) is 8.99. The third kappa shape index (κ3) is 2.78. The fraction of sp³-hybridized carbons (Fsp3) is 0.706. The molecule has 136 valence electrons. The van der Waals surface area contributed by atoms with E-state index in [2.05, 4.69) is 20.8 Å². The highest BCUT2D eigenvalue weighted by Crippen LogP contribution is 2.42. The lowest BCUT2D eigenvalue weighted by Crippen LogP contribution is -2.50. The van der Waals surface area contributed by atoms with Gasteiger partial charge < -0.3 is 20.3 Å². The van der Waals surface area contributed by atoms with E-state index in [9.17, 15) is 9.59 Å². The second-order valence-electron chi connectivity index (χ2n) is 7.40. The van der Waals surface area contributed by atoms with Gasteiger partial charge in [-0.25, -0.2) is 4.79 Å². The Balaban J connectivity index is 1.42. The fourth-order valence-corrected chi connectivity index (χ4v) is 4.53. The number of carbonyl (C=O) groups excluding carboxylic acids is 2. The van der Waals surface area contributed by atoms with Gasteiger partial charge in [-0.1, -0.05) is 0 Å². The molecule has 0 spiro atoms. The maximum atomic E-state index is 12.8.